The Hall–Kier alpha value is -1.49. The monoisotopic (exact) mass is 270 g/mol. The Morgan fingerprint density at radius 2 is 1.79 bits per heavy atom. The average Bonchev–Trinajstić information content (AvgIpc) is 2.37. The molecule has 1 atom stereocenters. The lowest BCUT2D eigenvalue weighted by Crippen LogP contribution is -2.38. The van der Waals surface area contributed by atoms with Crippen LogP contribution in [0.2, 0.25) is 0 Å². The van der Waals surface area contributed by atoms with Gasteiger partial charge < -0.3 is 10.2 Å². The van der Waals surface area contributed by atoms with Gasteiger partial charge in [-0.25, -0.2) is 8.78 Å². The molecule has 106 valence electrons. The first-order chi connectivity index (χ1) is 9.01. The molecule has 1 unspecified atom stereocenters. The van der Waals surface area contributed by atoms with Crippen LogP contribution in [0.3, 0.4) is 0 Å². The summed E-state index contributed by atoms with van der Waals surface area (Å²) in [5.74, 6) is -1.28. The van der Waals surface area contributed by atoms with Crippen LogP contribution in [0.25, 0.3) is 0 Å². The summed E-state index contributed by atoms with van der Waals surface area (Å²) in [4.78, 5) is 13.5. The van der Waals surface area contributed by atoms with Crippen molar-refractivity contribution in [2.45, 2.75) is 26.8 Å². The van der Waals surface area contributed by atoms with E-state index >= 15 is 0 Å². The van der Waals surface area contributed by atoms with Crippen LogP contribution in [0.4, 0.5) is 8.78 Å². The number of hydrogen-bond donors (Lipinski definition) is 1. The van der Waals surface area contributed by atoms with Gasteiger partial charge in [-0.2, -0.15) is 0 Å². The van der Waals surface area contributed by atoms with Gasteiger partial charge in [0.15, 0.2) is 0 Å². The summed E-state index contributed by atoms with van der Waals surface area (Å²) >= 11 is 0. The number of benzene rings is 1. The third-order valence-corrected chi connectivity index (χ3v) is 3.11. The quantitative estimate of drug-likeness (QED) is 0.861. The van der Waals surface area contributed by atoms with Gasteiger partial charge in [0.2, 0.25) is 5.91 Å². The highest BCUT2D eigenvalue weighted by Crippen LogP contribution is 2.19. The third-order valence-electron chi connectivity index (χ3n) is 3.11. The molecule has 1 N–H and O–H groups in total. The van der Waals surface area contributed by atoms with Crippen LogP contribution in [0.1, 0.15) is 32.4 Å². The summed E-state index contributed by atoms with van der Waals surface area (Å²) in [6, 6.07) is 3.19. The molecule has 0 aliphatic carbocycles. The van der Waals surface area contributed by atoms with Gasteiger partial charge in [-0.05, 0) is 32.9 Å². The topological polar surface area (TPSA) is 32.3 Å². The van der Waals surface area contributed by atoms with Gasteiger partial charge in [0, 0.05) is 24.7 Å². The average molecular weight is 270 g/mol. The zero-order valence-electron chi connectivity index (χ0n) is 11.5. The van der Waals surface area contributed by atoms with Crippen molar-refractivity contribution < 1.29 is 13.6 Å². The lowest BCUT2D eigenvalue weighted by Gasteiger charge is -2.21. The SMILES string of the molecule is CCN(CC)C(=O)CNC(C)c1c(F)cccc1F. The lowest BCUT2D eigenvalue weighted by molar-refractivity contribution is -0.130. The first-order valence-corrected chi connectivity index (χ1v) is 6.46. The summed E-state index contributed by atoms with van der Waals surface area (Å²) in [5, 5.41) is 2.86. The lowest BCUT2D eigenvalue weighted by atomic mass is 10.1. The van der Waals surface area contributed by atoms with Gasteiger partial charge in [0.1, 0.15) is 11.6 Å². The first kappa shape index (κ1) is 15.6. The Morgan fingerprint density at radius 1 is 1.26 bits per heavy atom. The Labute approximate surface area is 112 Å². The van der Waals surface area contributed by atoms with Crippen molar-refractivity contribution in [1.29, 1.82) is 0 Å². The number of amides is 1. The molecule has 0 radical (unpaired) electrons. The standard InChI is InChI=1S/C14H20F2N2O/c1-4-18(5-2)13(19)9-17-10(3)14-11(15)7-6-8-12(14)16/h6-8,10,17H,4-5,9H2,1-3H3. The normalized spacial score (nSPS) is 12.3. The number of nitrogens with one attached hydrogen (secondary N) is 1. The van der Waals surface area contributed by atoms with Gasteiger partial charge in [0.25, 0.3) is 0 Å². The zero-order chi connectivity index (χ0) is 14.4. The van der Waals surface area contributed by atoms with Gasteiger partial charge in [0.05, 0.1) is 6.54 Å². The second-order valence-electron chi connectivity index (χ2n) is 4.30. The van der Waals surface area contributed by atoms with E-state index in [4.69, 9.17) is 0 Å². The fourth-order valence-electron chi connectivity index (χ4n) is 1.95. The van der Waals surface area contributed by atoms with E-state index in [0.29, 0.717) is 13.1 Å². The van der Waals surface area contributed by atoms with Gasteiger partial charge in [-0.1, -0.05) is 6.07 Å². The molecule has 0 saturated heterocycles. The second kappa shape index (κ2) is 7.19. The molecule has 0 spiro atoms. The maximum Gasteiger partial charge on any atom is 0.236 e. The molecular formula is C14H20F2N2O. The Bertz CT molecular complexity index is 413. The number of halogens is 2. The third kappa shape index (κ3) is 3.99. The molecule has 0 fully saturated rings. The van der Waals surface area contributed by atoms with E-state index in [2.05, 4.69) is 5.32 Å². The van der Waals surface area contributed by atoms with E-state index < -0.39 is 17.7 Å². The van der Waals surface area contributed by atoms with Gasteiger partial charge in [-0.3, -0.25) is 4.79 Å². The summed E-state index contributed by atoms with van der Waals surface area (Å²) < 4.78 is 27.1. The van der Waals surface area contributed by atoms with Crippen LogP contribution >= 0.6 is 0 Å². The highest BCUT2D eigenvalue weighted by Gasteiger charge is 2.17. The predicted molar refractivity (Wildman–Crippen MR) is 70.7 cm³/mol. The van der Waals surface area contributed by atoms with Crippen LogP contribution in [0.15, 0.2) is 18.2 Å². The van der Waals surface area contributed by atoms with E-state index in [1.807, 2.05) is 13.8 Å². The van der Waals surface area contributed by atoms with E-state index in [-0.39, 0.29) is 18.0 Å². The number of carbonyl (C=O) groups excluding carboxylic acids is 1. The molecule has 0 saturated carbocycles. The molecule has 1 aromatic rings. The minimum absolute atomic E-state index is 0.0325. The van der Waals surface area contributed by atoms with E-state index in [1.54, 1.807) is 11.8 Å². The maximum absolute atomic E-state index is 13.5. The number of rotatable bonds is 6. The Balaban J connectivity index is 2.66. The van der Waals surface area contributed by atoms with Crippen LogP contribution in [0, 0.1) is 11.6 Å². The molecule has 5 heteroatoms. The molecule has 0 aromatic heterocycles. The highest BCUT2D eigenvalue weighted by atomic mass is 19.1. The number of likely N-dealkylation sites (N-methyl/N-ethyl adjacent to an activating group) is 1. The van der Waals surface area contributed by atoms with Gasteiger partial charge >= 0.3 is 0 Å². The fourth-order valence-corrected chi connectivity index (χ4v) is 1.95. The number of carbonyl (C=O) groups is 1. The van der Waals surface area contributed by atoms with E-state index in [9.17, 15) is 13.6 Å². The molecule has 19 heavy (non-hydrogen) atoms. The number of hydrogen-bond acceptors (Lipinski definition) is 2. The van der Waals surface area contributed by atoms with E-state index in [1.165, 1.54) is 18.2 Å². The summed E-state index contributed by atoms with van der Waals surface area (Å²) in [5.41, 5.74) is -0.0325. The highest BCUT2D eigenvalue weighted by molar-refractivity contribution is 5.78. The summed E-state index contributed by atoms with van der Waals surface area (Å²) in [6.07, 6.45) is 0. The fraction of sp³-hybridized carbons (Fsp3) is 0.500. The maximum atomic E-state index is 13.5. The molecule has 1 rings (SSSR count). The molecule has 0 aliphatic rings. The van der Waals surface area contributed by atoms with Gasteiger partial charge in [-0.15, -0.1) is 0 Å². The molecular weight excluding hydrogens is 250 g/mol. The zero-order valence-corrected chi connectivity index (χ0v) is 11.5. The minimum atomic E-state index is -0.602. The van der Waals surface area contributed by atoms with Crippen molar-refractivity contribution in [3.8, 4) is 0 Å². The molecule has 0 bridgehead atoms. The van der Waals surface area contributed by atoms with Crippen molar-refractivity contribution in [2.75, 3.05) is 19.6 Å². The molecule has 1 amide bonds. The van der Waals surface area contributed by atoms with Crippen molar-refractivity contribution in [3.05, 3.63) is 35.4 Å². The van der Waals surface area contributed by atoms with Crippen molar-refractivity contribution in [2.24, 2.45) is 0 Å². The molecule has 0 heterocycles. The second-order valence-corrected chi connectivity index (χ2v) is 4.30. The predicted octanol–water partition coefficient (Wildman–Crippen LogP) is 2.48. The molecule has 0 aliphatic heterocycles. The van der Waals surface area contributed by atoms with Crippen molar-refractivity contribution in [3.63, 3.8) is 0 Å². The van der Waals surface area contributed by atoms with Crippen LogP contribution in [0.5, 0.6) is 0 Å². The van der Waals surface area contributed by atoms with Crippen molar-refractivity contribution in [1.82, 2.24) is 10.2 Å². The smallest absolute Gasteiger partial charge is 0.236 e. The number of nitrogens with zero attached hydrogens (tertiary/aromatic N) is 1. The van der Waals surface area contributed by atoms with Crippen LogP contribution < -0.4 is 5.32 Å². The largest absolute Gasteiger partial charge is 0.342 e. The molecule has 1 aromatic carbocycles. The first-order valence-electron chi connectivity index (χ1n) is 6.46. The van der Waals surface area contributed by atoms with Crippen LogP contribution in [-0.4, -0.2) is 30.4 Å². The van der Waals surface area contributed by atoms with E-state index in [0.717, 1.165) is 0 Å². The Kier molecular flexibility index (Phi) is 5.89. The summed E-state index contributed by atoms with van der Waals surface area (Å²) in [7, 11) is 0. The summed E-state index contributed by atoms with van der Waals surface area (Å²) in [6.45, 7) is 6.73. The molecule has 3 nitrogen and oxygen atoms in total. The van der Waals surface area contributed by atoms with Crippen molar-refractivity contribution >= 4 is 5.91 Å². The minimum Gasteiger partial charge on any atom is -0.342 e. The Morgan fingerprint density at radius 3 is 2.26 bits per heavy atom. The van der Waals surface area contributed by atoms with Crippen LogP contribution in [-0.2, 0) is 4.79 Å².